The van der Waals surface area contributed by atoms with Crippen LogP contribution in [0.3, 0.4) is 0 Å². The van der Waals surface area contributed by atoms with Gasteiger partial charge in [0.15, 0.2) is 0 Å². The van der Waals surface area contributed by atoms with Crippen molar-refractivity contribution < 1.29 is 0 Å². The van der Waals surface area contributed by atoms with Crippen LogP contribution in [0.2, 0.25) is 0 Å². The van der Waals surface area contributed by atoms with Crippen LogP contribution in [0, 0.1) is 0 Å². The van der Waals surface area contributed by atoms with Crippen LogP contribution in [0.1, 0.15) is 24.0 Å². The molecule has 0 amide bonds. The Hall–Kier alpha value is -6.70. The highest BCUT2D eigenvalue weighted by molar-refractivity contribution is 6.21. The van der Waals surface area contributed by atoms with E-state index in [9.17, 15) is 0 Å². The van der Waals surface area contributed by atoms with Crippen molar-refractivity contribution in [3.05, 3.63) is 199 Å². The molecule has 1 nitrogen and oxygen atoms in total. The molecule has 0 atom stereocenters. The van der Waals surface area contributed by atoms with Crippen LogP contribution in [0.25, 0.3) is 93.5 Å². The second kappa shape index (κ2) is 13.0. The lowest BCUT2D eigenvalue weighted by Crippen LogP contribution is -2.04. The third kappa shape index (κ3) is 5.22. The lowest BCUT2D eigenvalue weighted by Gasteiger charge is -2.23. The van der Waals surface area contributed by atoms with E-state index < -0.39 is 0 Å². The number of para-hydroxylation sites is 1. The lowest BCUT2D eigenvalue weighted by molar-refractivity contribution is 0.687. The molecule has 0 fully saturated rings. The molecule has 1 aromatic heterocycles. The van der Waals surface area contributed by atoms with E-state index in [0.717, 1.165) is 12.1 Å². The van der Waals surface area contributed by atoms with Crippen molar-refractivity contribution in [2.24, 2.45) is 0 Å². The summed E-state index contributed by atoms with van der Waals surface area (Å²) in [6.07, 6.45) is 4.88. The van der Waals surface area contributed by atoms with E-state index in [1.54, 1.807) is 5.56 Å². The Morgan fingerprint density at radius 3 is 1.62 bits per heavy atom. The molecular weight excluding hydrogens is 663 g/mol. The molecule has 0 radical (unpaired) electrons. The first kappa shape index (κ1) is 31.8. The highest BCUT2D eigenvalue weighted by Crippen LogP contribution is 2.46. The first-order chi connectivity index (χ1) is 27.3. The monoisotopic (exact) mass is 701 g/mol. The number of aryl methyl sites for hydroxylation is 1. The van der Waals surface area contributed by atoms with Gasteiger partial charge in [0.05, 0.1) is 11.0 Å². The molecule has 0 saturated heterocycles. The largest absolute Gasteiger partial charge is 0.309 e. The fraction of sp³-hybridized carbons (Fsp3) is 0.0741. The van der Waals surface area contributed by atoms with E-state index >= 15 is 0 Å². The van der Waals surface area contributed by atoms with Gasteiger partial charge in [-0.2, -0.15) is 0 Å². The predicted octanol–water partition coefficient (Wildman–Crippen LogP) is 14.6. The van der Waals surface area contributed by atoms with Crippen molar-refractivity contribution in [1.29, 1.82) is 0 Å². The fourth-order valence-electron chi connectivity index (χ4n) is 9.46. The van der Waals surface area contributed by atoms with Crippen LogP contribution in [-0.4, -0.2) is 4.57 Å². The average molecular weight is 702 g/mol. The Morgan fingerprint density at radius 2 is 0.873 bits per heavy atom. The first-order valence-corrected chi connectivity index (χ1v) is 19.6. The average Bonchev–Trinajstić information content (AvgIpc) is 3.59. The van der Waals surface area contributed by atoms with Crippen LogP contribution < -0.4 is 0 Å². The van der Waals surface area contributed by atoms with Crippen molar-refractivity contribution in [1.82, 2.24) is 4.57 Å². The predicted molar refractivity (Wildman–Crippen MR) is 234 cm³/mol. The second-order valence-electron chi connectivity index (χ2n) is 15.1. The van der Waals surface area contributed by atoms with Crippen molar-refractivity contribution in [3.63, 3.8) is 0 Å². The molecule has 260 valence electrons. The van der Waals surface area contributed by atoms with Crippen LogP contribution >= 0.6 is 0 Å². The fourth-order valence-corrected chi connectivity index (χ4v) is 9.46. The van der Waals surface area contributed by atoms with Gasteiger partial charge in [-0.25, -0.2) is 0 Å². The summed E-state index contributed by atoms with van der Waals surface area (Å²) in [6.45, 7) is 0. The minimum absolute atomic E-state index is 1.16. The quantitative estimate of drug-likeness (QED) is 0.157. The zero-order chi connectivity index (χ0) is 36.3. The van der Waals surface area contributed by atoms with Gasteiger partial charge in [0, 0.05) is 16.5 Å². The molecular formula is C54H39N. The van der Waals surface area contributed by atoms with Crippen LogP contribution in [0.4, 0.5) is 0 Å². The molecule has 1 aliphatic carbocycles. The summed E-state index contributed by atoms with van der Waals surface area (Å²) in [4.78, 5) is 0. The maximum atomic E-state index is 2.43. The molecule has 1 aliphatic rings. The van der Waals surface area contributed by atoms with Crippen molar-refractivity contribution in [2.75, 3.05) is 0 Å². The summed E-state index contributed by atoms with van der Waals surface area (Å²) in [5.41, 5.74) is 16.9. The second-order valence-corrected chi connectivity index (χ2v) is 15.1. The van der Waals surface area contributed by atoms with E-state index in [1.165, 1.54) is 113 Å². The molecule has 10 aromatic rings. The SMILES string of the molecule is c1ccc(-c2cccc(-c3ccc4c(c3)c3ccccc3n4-c3ccc(-c4c5ccccc5c(-c5cccc6c5CCCC6)c5ccccc45)cc3)c2)cc1. The maximum absolute atomic E-state index is 2.43. The van der Waals surface area contributed by atoms with Crippen LogP contribution in [-0.2, 0) is 12.8 Å². The summed E-state index contributed by atoms with van der Waals surface area (Å²) in [5.74, 6) is 0. The highest BCUT2D eigenvalue weighted by atomic mass is 15.0. The summed E-state index contributed by atoms with van der Waals surface area (Å²) in [5, 5.41) is 7.78. The van der Waals surface area contributed by atoms with E-state index in [2.05, 4.69) is 193 Å². The lowest BCUT2D eigenvalue weighted by atomic mass is 9.81. The smallest absolute Gasteiger partial charge is 0.0541 e. The molecule has 55 heavy (non-hydrogen) atoms. The Kier molecular flexibility index (Phi) is 7.52. The third-order valence-corrected chi connectivity index (χ3v) is 12.0. The maximum Gasteiger partial charge on any atom is 0.0541 e. The molecule has 1 heteroatoms. The van der Waals surface area contributed by atoms with Crippen molar-refractivity contribution >= 4 is 43.4 Å². The normalized spacial score (nSPS) is 12.8. The molecule has 0 bridgehead atoms. The van der Waals surface area contributed by atoms with Gasteiger partial charge in [0.25, 0.3) is 0 Å². The standard InChI is InChI=1S/C54H39N/c1-2-14-36(15-3-1)39-18-12-19-40(34-39)41-30-33-52-50(35-41)44-21-10-11-27-51(44)55(52)42-31-28-38(29-32-42)53-46-22-6-8-24-48(46)54(49-25-9-7-23-47(49)53)45-26-13-17-37-16-4-5-20-43(37)45/h1-3,6-15,17-19,21-35H,4-5,16,20H2. The molecule has 9 aromatic carbocycles. The number of aromatic nitrogens is 1. The number of nitrogens with zero attached hydrogens (tertiary/aromatic N) is 1. The summed E-state index contributed by atoms with van der Waals surface area (Å²) in [7, 11) is 0. The topological polar surface area (TPSA) is 4.93 Å². The van der Waals surface area contributed by atoms with Gasteiger partial charge < -0.3 is 4.57 Å². The van der Waals surface area contributed by atoms with Gasteiger partial charge in [-0.3, -0.25) is 0 Å². The molecule has 11 rings (SSSR count). The number of hydrogen-bond donors (Lipinski definition) is 0. The third-order valence-electron chi connectivity index (χ3n) is 12.0. The van der Waals surface area contributed by atoms with Gasteiger partial charge in [0.2, 0.25) is 0 Å². The summed E-state index contributed by atoms with van der Waals surface area (Å²) in [6, 6.07) is 69.7. The molecule has 0 spiro atoms. The van der Waals surface area contributed by atoms with E-state index in [1.807, 2.05) is 0 Å². The van der Waals surface area contributed by atoms with Gasteiger partial charge in [-0.05, 0) is 139 Å². The first-order valence-electron chi connectivity index (χ1n) is 19.6. The minimum atomic E-state index is 1.16. The van der Waals surface area contributed by atoms with Crippen molar-refractivity contribution in [3.8, 4) is 50.2 Å². The van der Waals surface area contributed by atoms with E-state index in [-0.39, 0.29) is 0 Å². The number of fused-ring (bicyclic) bond motifs is 6. The minimum Gasteiger partial charge on any atom is -0.309 e. The molecule has 1 heterocycles. The zero-order valence-corrected chi connectivity index (χ0v) is 30.7. The molecule has 0 unspecified atom stereocenters. The zero-order valence-electron chi connectivity index (χ0n) is 30.7. The number of hydrogen-bond acceptors (Lipinski definition) is 0. The van der Waals surface area contributed by atoms with Crippen LogP contribution in [0.5, 0.6) is 0 Å². The van der Waals surface area contributed by atoms with E-state index in [0.29, 0.717) is 0 Å². The molecule has 0 N–H and O–H groups in total. The molecule has 0 saturated carbocycles. The Labute approximate surface area is 321 Å². The Bertz CT molecular complexity index is 3020. The molecule has 0 aliphatic heterocycles. The number of benzene rings is 9. The van der Waals surface area contributed by atoms with Crippen molar-refractivity contribution in [2.45, 2.75) is 25.7 Å². The summed E-state index contributed by atoms with van der Waals surface area (Å²) >= 11 is 0. The van der Waals surface area contributed by atoms with Gasteiger partial charge >= 0.3 is 0 Å². The van der Waals surface area contributed by atoms with Gasteiger partial charge in [-0.1, -0.05) is 152 Å². The number of rotatable bonds is 5. The van der Waals surface area contributed by atoms with Gasteiger partial charge in [-0.15, -0.1) is 0 Å². The van der Waals surface area contributed by atoms with Gasteiger partial charge in [0.1, 0.15) is 0 Å². The van der Waals surface area contributed by atoms with E-state index in [4.69, 9.17) is 0 Å². The Morgan fingerprint density at radius 1 is 0.327 bits per heavy atom. The summed E-state index contributed by atoms with van der Waals surface area (Å²) < 4.78 is 2.43. The Balaban J connectivity index is 1.05. The highest BCUT2D eigenvalue weighted by Gasteiger charge is 2.21. The van der Waals surface area contributed by atoms with Crippen LogP contribution in [0.15, 0.2) is 188 Å².